The largest absolute Gasteiger partial charge is 0.455 e. The summed E-state index contributed by atoms with van der Waals surface area (Å²) in [5, 5.41) is 7.13. The minimum Gasteiger partial charge on any atom is -0.455 e. The predicted octanol–water partition coefficient (Wildman–Crippen LogP) is 13.3. The van der Waals surface area contributed by atoms with Crippen molar-refractivity contribution in [2.75, 3.05) is 0 Å². The maximum Gasteiger partial charge on any atom is 0.164 e. The molecule has 8 aromatic carbocycles. The number of fused-ring (bicyclic) bond motifs is 13. The molecule has 0 atom stereocenters. The molecule has 12 rings (SSSR count). The summed E-state index contributed by atoms with van der Waals surface area (Å²) >= 11 is 0. The zero-order chi connectivity index (χ0) is 37.8. The zero-order valence-electron chi connectivity index (χ0n) is 31.4. The van der Waals surface area contributed by atoms with Gasteiger partial charge in [0, 0.05) is 54.7 Å². The summed E-state index contributed by atoms with van der Waals surface area (Å²) in [4.78, 5) is 15.4. The molecule has 0 unspecified atom stereocenters. The SMILES string of the molecule is CC1(C)c2ccc(-c3nc(-c4ccccc4)nc(-c4ccc(-n5c6ccccc6c6ccccc65)cc4)n3)cc2-c2c1c1c3ccccc3oc1c1ccccc21. The van der Waals surface area contributed by atoms with Gasteiger partial charge in [-0.05, 0) is 76.2 Å². The van der Waals surface area contributed by atoms with Gasteiger partial charge in [0.25, 0.3) is 0 Å². The topological polar surface area (TPSA) is 56.7 Å². The molecule has 11 aromatic rings. The van der Waals surface area contributed by atoms with E-state index in [1.807, 2.05) is 24.3 Å². The van der Waals surface area contributed by atoms with Crippen molar-refractivity contribution in [3.05, 3.63) is 181 Å². The van der Waals surface area contributed by atoms with Crippen molar-refractivity contribution < 1.29 is 4.42 Å². The van der Waals surface area contributed by atoms with Gasteiger partial charge in [-0.1, -0.05) is 135 Å². The average Bonchev–Trinajstić information content (AvgIpc) is 3.89. The van der Waals surface area contributed by atoms with Crippen LogP contribution in [0.15, 0.2) is 174 Å². The predicted molar refractivity (Wildman–Crippen MR) is 233 cm³/mol. The van der Waals surface area contributed by atoms with Gasteiger partial charge in [-0.15, -0.1) is 0 Å². The Bertz CT molecular complexity index is 3380. The fourth-order valence-electron chi connectivity index (χ4n) is 9.43. The van der Waals surface area contributed by atoms with Crippen molar-refractivity contribution in [2.45, 2.75) is 19.3 Å². The summed E-state index contributed by atoms with van der Waals surface area (Å²) in [6.07, 6.45) is 0. The molecule has 1 aliphatic rings. The molecule has 268 valence electrons. The highest BCUT2D eigenvalue weighted by molar-refractivity contribution is 6.23. The van der Waals surface area contributed by atoms with E-state index in [4.69, 9.17) is 19.4 Å². The Balaban J connectivity index is 1.04. The molecule has 0 bridgehead atoms. The van der Waals surface area contributed by atoms with Gasteiger partial charge in [0.1, 0.15) is 11.2 Å². The third kappa shape index (κ3) is 4.60. The van der Waals surface area contributed by atoms with E-state index in [9.17, 15) is 0 Å². The smallest absolute Gasteiger partial charge is 0.164 e. The average molecular weight is 731 g/mol. The van der Waals surface area contributed by atoms with Crippen LogP contribution in [-0.2, 0) is 5.41 Å². The van der Waals surface area contributed by atoms with Gasteiger partial charge in [-0.25, -0.2) is 15.0 Å². The zero-order valence-corrected chi connectivity index (χ0v) is 31.4. The van der Waals surface area contributed by atoms with E-state index in [1.165, 1.54) is 54.8 Å². The van der Waals surface area contributed by atoms with E-state index in [1.54, 1.807) is 0 Å². The van der Waals surface area contributed by atoms with E-state index >= 15 is 0 Å². The minimum absolute atomic E-state index is 0.268. The maximum absolute atomic E-state index is 6.62. The lowest BCUT2D eigenvalue weighted by atomic mass is 9.79. The van der Waals surface area contributed by atoms with Crippen molar-refractivity contribution in [3.63, 3.8) is 0 Å². The Kier molecular flexibility index (Phi) is 6.62. The van der Waals surface area contributed by atoms with Crippen molar-refractivity contribution >= 4 is 54.5 Å². The van der Waals surface area contributed by atoms with E-state index < -0.39 is 0 Å². The molecule has 0 fully saturated rings. The van der Waals surface area contributed by atoms with Crippen LogP contribution in [0.25, 0.3) is 105 Å². The molecule has 0 radical (unpaired) electrons. The third-order valence-electron chi connectivity index (χ3n) is 12.0. The van der Waals surface area contributed by atoms with Crippen LogP contribution >= 0.6 is 0 Å². The Morgan fingerprint density at radius 2 is 1.00 bits per heavy atom. The van der Waals surface area contributed by atoms with Gasteiger partial charge in [0.05, 0.1) is 11.0 Å². The monoisotopic (exact) mass is 730 g/mol. The highest BCUT2D eigenvalue weighted by Gasteiger charge is 2.40. The summed E-state index contributed by atoms with van der Waals surface area (Å²) in [5.74, 6) is 1.91. The second-order valence-corrected chi connectivity index (χ2v) is 15.6. The Labute approximate surface area is 328 Å². The first-order valence-electron chi connectivity index (χ1n) is 19.5. The van der Waals surface area contributed by atoms with Crippen LogP contribution in [0.1, 0.15) is 25.0 Å². The van der Waals surface area contributed by atoms with E-state index in [0.29, 0.717) is 17.5 Å². The number of aromatic nitrogens is 4. The summed E-state index contributed by atoms with van der Waals surface area (Å²) in [6, 6.07) is 59.8. The van der Waals surface area contributed by atoms with Crippen LogP contribution < -0.4 is 0 Å². The summed E-state index contributed by atoms with van der Waals surface area (Å²) < 4.78 is 8.95. The van der Waals surface area contributed by atoms with Gasteiger partial charge >= 0.3 is 0 Å². The summed E-state index contributed by atoms with van der Waals surface area (Å²) in [5.41, 5.74) is 12.9. The molecule has 0 aliphatic heterocycles. The van der Waals surface area contributed by atoms with Gasteiger partial charge < -0.3 is 8.98 Å². The van der Waals surface area contributed by atoms with Crippen LogP contribution in [0, 0.1) is 0 Å². The quantitative estimate of drug-likeness (QED) is 0.181. The van der Waals surface area contributed by atoms with E-state index in [-0.39, 0.29) is 5.41 Å². The molecule has 0 saturated heterocycles. The molecule has 3 heterocycles. The molecule has 0 amide bonds. The molecule has 5 nitrogen and oxygen atoms in total. The minimum atomic E-state index is -0.268. The molecule has 5 heteroatoms. The first-order chi connectivity index (χ1) is 28.0. The number of rotatable bonds is 4. The van der Waals surface area contributed by atoms with E-state index in [0.717, 1.165) is 44.3 Å². The van der Waals surface area contributed by atoms with Crippen molar-refractivity contribution in [3.8, 4) is 51.0 Å². The number of benzene rings is 8. The van der Waals surface area contributed by atoms with Crippen LogP contribution in [0.5, 0.6) is 0 Å². The van der Waals surface area contributed by atoms with Gasteiger partial charge in [-0.2, -0.15) is 0 Å². The number of para-hydroxylation sites is 3. The first-order valence-corrected chi connectivity index (χ1v) is 19.5. The van der Waals surface area contributed by atoms with E-state index in [2.05, 4.69) is 164 Å². The molecular weight excluding hydrogens is 697 g/mol. The highest BCUT2D eigenvalue weighted by atomic mass is 16.3. The second-order valence-electron chi connectivity index (χ2n) is 15.6. The van der Waals surface area contributed by atoms with Crippen LogP contribution in [0.3, 0.4) is 0 Å². The summed E-state index contributed by atoms with van der Waals surface area (Å²) in [7, 11) is 0. The third-order valence-corrected chi connectivity index (χ3v) is 12.0. The summed E-state index contributed by atoms with van der Waals surface area (Å²) in [6.45, 7) is 4.68. The number of nitrogens with zero attached hydrogens (tertiary/aromatic N) is 4. The Morgan fingerprint density at radius 1 is 0.474 bits per heavy atom. The van der Waals surface area contributed by atoms with Crippen molar-refractivity contribution in [2.24, 2.45) is 0 Å². The fraction of sp³-hybridized carbons (Fsp3) is 0.0577. The van der Waals surface area contributed by atoms with Gasteiger partial charge in [0.15, 0.2) is 17.5 Å². The molecular formula is C52H34N4O. The van der Waals surface area contributed by atoms with Crippen molar-refractivity contribution in [1.82, 2.24) is 19.5 Å². The number of hydrogen-bond donors (Lipinski definition) is 0. The molecule has 57 heavy (non-hydrogen) atoms. The molecule has 1 aliphatic carbocycles. The lowest BCUT2D eigenvalue weighted by Crippen LogP contribution is -2.15. The van der Waals surface area contributed by atoms with Gasteiger partial charge in [-0.3, -0.25) is 0 Å². The number of furan rings is 1. The van der Waals surface area contributed by atoms with Gasteiger partial charge in [0.2, 0.25) is 0 Å². The molecule has 0 N–H and O–H groups in total. The number of hydrogen-bond acceptors (Lipinski definition) is 4. The lowest BCUT2D eigenvalue weighted by molar-refractivity contribution is 0.659. The first kappa shape index (κ1) is 31.9. The molecule has 0 saturated carbocycles. The van der Waals surface area contributed by atoms with Crippen molar-refractivity contribution in [1.29, 1.82) is 0 Å². The fourth-order valence-corrected chi connectivity index (χ4v) is 9.43. The molecule has 3 aromatic heterocycles. The standard InChI is InChI=1S/C52H34N4O/c1-52(2)41-29-26-33(30-40(41)45-37-18-6-7-19-38(37)48-46(47(45)52)39-20-10-13-23-44(39)57-48)51-54-49(31-14-4-3-5-15-31)53-50(55-51)32-24-27-34(28-25-32)56-42-21-11-8-16-35(42)36-17-9-12-22-43(36)56/h3-30H,1-2H3. The normalized spacial score (nSPS) is 13.2. The molecule has 0 spiro atoms. The Morgan fingerprint density at radius 3 is 1.68 bits per heavy atom. The second kappa shape index (κ2) is 11.8. The van der Waals surface area contributed by atoms with Crippen LogP contribution in [0.2, 0.25) is 0 Å². The Hall–Kier alpha value is -7.37. The highest BCUT2D eigenvalue weighted by Crippen LogP contribution is 2.56. The van der Waals surface area contributed by atoms with Crippen LogP contribution in [0.4, 0.5) is 0 Å². The van der Waals surface area contributed by atoms with Crippen LogP contribution in [-0.4, -0.2) is 19.5 Å². The maximum atomic E-state index is 6.62. The lowest BCUT2D eigenvalue weighted by Gasteiger charge is -2.23.